The van der Waals surface area contributed by atoms with Gasteiger partial charge in [0.15, 0.2) is 0 Å². The zero-order valence-corrected chi connectivity index (χ0v) is 16.4. The van der Waals surface area contributed by atoms with Crippen LogP contribution in [0.2, 0.25) is 5.02 Å². The molecule has 0 bridgehead atoms. The van der Waals surface area contributed by atoms with Crippen LogP contribution in [0.25, 0.3) is 11.1 Å². The number of nitrogens with zero attached hydrogens (tertiary/aromatic N) is 1. The summed E-state index contributed by atoms with van der Waals surface area (Å²) in [7, 11) is 0. The van der Waals surface area contributed by atoms with Crippen LogP contribution in [-0.4, -0.2) is 10.9 Å². The molecule has 3 aromatic rings. The van der Waals surface area contributed by atoms with Crippen LogP contribution < -0.4 is 11.5 Å². The maximum absolute atomic E-state index is 11.8. The molecule has 4 N–H and O–H groups in total. The minimum atomic E-state index is -0.315. The fraction of sp³-hybridized carbons (Fsp3) is 0.217. The zero-order chi connectivity index (χ0) is 19.9. The Balaban J connectivity index is 0.000000236. The average Bonchev–Trinajstić information content (AvgIpc) is 3.26. The van der Waals surface area contributed by atoms with Crippen molar-refractivity contribution in [3.05, 3.63) is 83.0 Å². The maximum atomic E-state index is 11.8. The van der Waals surface area contributed by atoms with E-state index in [-0.39, 0.29) is 5.91 Å². The Bertz CT molecular complexity index is 917. The third kappa shape index (κ3) is 4.90. The molecular weight excluding hydrogens is 370 g/mol. The van der Waals surface area contributed by atoms with Gasteiger partial charge in [0.2, 0.25) is 5.91 Å². The van der Waals surface area contributed by atoms with E-state index in [1.807, 2.05) is 24.3 Å². The van der Waals surface area contributed by atoms with Crippen LogP contribution in [0.3, 0.4) is 0 Å². The topological polar surface area (TPSA) is 82.0 Å². The number of benzene rings is 2. The molecule has 28 heavy (non-hydrogen) atoms. The molecule has 4 nitrogen and oxygen atoms in total. The monoisotopic (exact) mass is 393 g/mol. The maximum Gasteiger partial charge on any atom is 0.249 e. The molecule has 5 heteroatoms. The number of anilines is 1. The Hall–Kier alpha value is -2.85. The van der Waals surface area contributed by atoms with Gasteiger partial charge in [0.1, 0.15) is 5.82 Å². The summed E-state index contributed by atoms with van der Waals surface area (Å²) < 4.78 is 0. The van der Waals surface area contributed by atoms with E-state index in [1.54, 1.807) is 18.3 Å². The first-order valence-corrected chi connectivity index (χ1v) is 9.79. The van der Waals surface area contributed by atoms with Gasteiger partial charge in [-0.2, -0.15) is 0 Å². The number of halogens is 1. The van der Waals surface area contributed by atoms with E-state index in [0.717, 1.165) is 16.7 Å². The molecule has 1 aliphatic carbocycles. The summed E-state index contributed by atoms with van der Waals surface area (Å²) in [5.41, 5.74) is 14.9. The number of nitrogens with two attached hydrogens (primary N) is 2. The molecule has 0 saturated heterocycles. The number of rotatable bonds is 3. The molecule has 1 heterocycles. The second kappa shape index (κ2) is 9.38. The van der Waals surface area contributed by atoms with Gasteiger partial charge in [0, 0.05) is 11.8 Å². The van der Waals surface area contributed by atoms with Crippen molar-refractivity contribution >= 4 is 23.3 Å². The molecule has 1 fully saturated rings. The Labute approximate surface area is 170 Å². The highest BCUT2D eigenvalue weighted by Gasteiger charge is 2.22. The first-order valence-electron chi connectivity index (χ1n) is 9.41. The quantitative estimate of drug-likeness (QED) is 0.622. The van der Waals surface area contributed by atoms with Crippen LogP contribution in [0, 0.1) is 0 Å². The molecular formula is C23H24ClN3O. The molecule has 0 unspecified atom stereocenters. The first-order chi connectivity index (χ1) is 13.6. The summed E-state index contributed by atoms with van der Waals surface area (Å²) in [6, 6.07) is 19.7. The second-order valence-corrected chi connectivity index (χ2v) is 7.29. The first kappa shape index (κ1) is 19.9. The van der Waals surface area contributed by atoms with Crippen molar-refractivity contribution < 1.29 is 4.79 Å². The van der Waals surface area contributed by atoms with E-state index in [0.29, 0.717) is 22.3 Å². The molecule has 144 valence electrons. The highest BCUT2D eigenvalue weighted by atomic mass is 35.5. The highest BCUT2D eigenvalue weighted by molar-refractivity contribution is 6.32. The van der Waals surface area contributed by atoms with Crippen LogP contribution in [0.1, 0.15) is 47.5 Å². The molecule has 0 spiro atoms. The number of pyridine rings is 1. The van der Waals surface area contributed by atoms with Crippen molar-refractivity contribution in [3.63, 3.8) is 0 Å². The predicted molar refractivity (Wildman–Crippen MR) is 115 cm³/mol. The van der Waals surface area contributed by atoms with Gasteiger partial charge < -0.3 is 11.5 Å². The summed E-state index contributed by atoms with van der Waals surface area (Å²) in [6.07, 6.45) is 6.45. The van der Waals surface area contributed by atoms with E-state index in [4.69, 9.17) is 23.1 Å². The van der Waals surface area contributed by atoms with Crippen molar-refractivity contribution in [2.45, 2.75) is 31.6 Å². The lowest BCUT2D eigenvalue weighted by Crippen LogP contribution is -2.15. The molecule has 0 atom stereocenters. The third-order valence-corrected chi connectivity index (χ3v) is 5.33. The fourth-order valence-electron chi connectivity index (χ4n) is 3.57. The number of amides is 1. The van der Waals surface area contributed by atoms with Crippen molar-refractivity contribution in [1.29, 1.82) is 0 Å². The van der Waals surface area contributed by atoms with Gasteiger partial charge in [-0.05, 0) is 53.6 Å². The Kier molecular flexibility index (Phi) is 6.66. The van der Waals surface area contributed by atoms with Gasteiger partial charge in [-0.15, -0.1) is 0 Å². The summed E-state index contributed by atoms with van der Waals surface area (Å²) >= 11 is 5.52. The second-order valence-electron chi connectivity index (χ2n) is 6.88. The van der Waals surface area contributed by atoms with E-state index in [2.05, 4.69) is 29.2 Å². The molecule has 1 amide bonds. The van der Waals surface area contributed by atoms with Crippen LogP contribution in [0.15, 0.2) is 66.9 Å². The number of hydrogen-bond donors (Lipinski definition) is 2. The number of hydrogen-bond acceptors (Lipinski definition) is 3. The van der Waals surface area contributed by atoms with E-state index >= 15 is 0 Å². The van der Waals surface area contributed by atoms with Gasteiger partial charge in [-0.3, -0.25) is 4.79 Å². The number of carbonyl (C=O) groups is 1. The van der Waals surface area contributed by atoms with Gasteiger partial charge >= 0.3 is 0 Å². The van der Waals surface area contributed by atoms with Gasteiger partial charge in [-0.25, -0.2) is 4.98 Å². The number of aromatic nitrogens is 1. The van der Waals surface area contributed by atoms with Gasteiger partial charge in [0.25, 0.3) is 0 Å². The van der Waals surface area contributed by atoms with Crippen LogP contribution >= 0.6 is 11.6 Å². The Morgan fingerprint density at radius 2 is 1.68 bits per heavy atom. The summed E-state index contributed by atoms with van der Waals surface area (Å²) in [5.74, 6) is 0.571. The average molecular weight is 394 g/mol. The lowest BCUT2D eigenvalue weighted by atomic mass is 9.90. The standard InChI is InChI=1S/C18H19NO.C5H5ClN2/c19-18(20)17-12-15(13-6-2-1-3-7-13)10-11-16(17)14-8-4-5-9-14;6-4-2-1-3-8-5(4)7/h1-3,6-7,10-12,14H,4-5,8-9H2,(H2,19,20);1-3H,(H2,7,8). The van der Waals surface area contributed by atoms with E-state index < -0.39 is 0 Å². The van der Waals surface area contributed by atoms with E-state index in [9.17, 15) is 4.79 Å². The van der Waals surface area contributed by atoms with Crippen molar-refractivity contribution in [2.24, 2.45) is 5.73 Å². The summed E-state index contributed by atoms with van der Waals surface area (Å²) in [5, 5.41) is 0.507. The van der Waals surface area contributed by atoms with Crippen LogP contribution in [-0.2, 0) is 0 Å². The molecule has 2 aromatic carbocycles. The molecule has 0 aliphatic heterocycles. The lowest BCUT2D eigenvalue weighted by Gasteiger charge is -2.15. The largest absolute Gasteiger partial charge is 0.382 e. The molecule has 4 rings (SSSR count). The SMILES string of the molecule is NC(=O)c1cc(-c2ccccc2)ccc1C1CCCC1.Nc1ncccc1Cl. The van der Waals surface area contributed by atoms with Crippen molar-refractivity contribution in [1.82, 2.24) is 4.98 Å². The summed E-state index contributed by atoms with van der Waals surface area (Å²) in [4.78, 5) is 15.5. The van der Waals surface area contributed by atoms with Crippen LogP contribution in [0.4, 0.5) is 5.82 Å². The zero-order valence-electron chi connectivity index (χ0n) is 15.6. The molecule has 1 aromatic heterocycles. The van der Waals surface area contributed by atoms with E-state index in [1.165, 1.54) is 25.7 Å². The predicted octanol–water partition coefficient (Wildman–Crippen LogP) is 5.43. The molecule has 1 saturated carbocycles. The minimum absolute atomic E-state index is 0.315. The smallest absolute Gasteiger partial charge is 0.249 e. The van der Waals surface area contributed by atoms with Gasteiger partial charge in [0.05, 0.1) is 5.02 Å². The molecule has 1 aliphatic rings. The number of carbonyl (C=O) groups excluding carboxylic acids is 1. The van der Waals surface area contributed by atoms with Crippen molar-refractivity contribution in [2.75, 3.05) is 5.73 Å². The Morgan fingerprint density at radius 3 is 2.25 bits per heavy atom. The third-order valence-electron chi connectivity index (χ3n) is 5.01. The summed E-state index contributed by atoms with van der Waals surface area (Å²) in [6.45, 7) is 0. The Morgan fingerprint density at radius 1 is 0.964 bits per heavy atom. The van der Waals surface area contributed by atoms with Crippen LogP contribution in [0.5, 0.6) is 0 Å². The highest BCUT2D eigenvalue weighted by Crippen LogP contribution is 2.37. The normalized spacial score (nSPS) is 13.6. The van der Waals surface area contributed by atoms with Gasteiger partial charge in [-0.1, -0.05) is 66.9 Å². The lowest BCUT2D eigenvalue weighted by molar-refractivity contribution is 0.0999. The van der Waals surface area contributed by atoms with Crippen molar-refractivity contribution in [3.8, 4) is 11.1 Å². The molecule has 0 radical (unpaired) electrons. The fourth-order valence-corrected chi connectivity index (χ4v) is 3.69. The minimum Gasteiger partial charge on any atom is -0.382 e. The number of primary amides is 1. The number of nitrogen functional groups attached to an aromatic ring is 1.